The van der Waals surface area contributed by atoms with E-state index in [9.17, 15) is 4.79 Å². The quantitative estimate of drug-likeness (QED) is 0.463. The number of carbonyl (C=O) groups is 1. The first-order valence-electron chi connectivity index (χ1n) is 9.88. The van der Waals surface area contributed by atoms with Gasteiger partial charge in [-0.3, -0.25) is 4.79 Å². The zero-order valence-corrected chi connectivity index (χ0v) is 17.6. The lowest BCUT2D eigenvalue weighted by atomic mass is 10.1. The average molecular weight is 400 g/mol. The van der Waals surface area contributed by atoms with E-state index in [1.807, 2.05) is 76.2 Å². The number of hydrogen-bond donors (Lipinski definition) is 1. The Labute approximate surface area is 175 Å². The van der Waals surface area contributed by atoms with Crippen molar-refractivity contribution in [1.82, 2.24) is 4.98 Å². The fraction of sp³-hybridized carbons (Fsp3) is 0.200. The third-order valence-electron chi connectivity index (χ3n) is 5.11. The van der Waals surface area contributed by atoms with Crippen LogP contribution in [-0.4, -0.2) is 17.5 Å². The second-order valence-corrected chi connectivity index (χ2v) is 7.53. The van der Waals surface area contributed by atoms with Gasteiger partial charge in [0.15, 0.2) is 12.2 Å². The topological polar surface area (TPSA) is 64.4 Å². The predicted octanol–water partition coefficient (Wildman–Crippen LogP) is 5.75. The van der Waals surface area contributed by atoms with Crippen LogP contribution in [0.2, 0.25) is 0 Å². The van der Waals surface area contributed by atoms with Crippen LogP contribution in [0.15, 0.2) is 59.0 Å². The Balaban J connectivity index is 1.55. The van der Waals surface area contributed by atoms with Gasteiger partial charge in [-0.15, -0.1) is 0 Å². The molecule has 0 unspecified atom stereocenters. The van der Waals surface area contributed by atoms with Gasteiger partial charge in [0.1, 0.15) is 11.3 Å². The Hall–Kier alpha value is -3.60. The molecular weight excluding hydrogens is 376 g/mol. The fourth-order valence-electron chi connectivity index (χ4n) is 3.54. The molecule has 4 rings (SSSR count). The average Bonchev–Trinajstić information content (AvgIpc) is 3.13. The molecule has 1 heterocycles. The van der Waals surface area contributed by atoms with E-state index >= 15 is 0 Å². The number of amides is 1. The Morgan fingerprint density at radius 2 is 1.80 bits per heavy atom. The molecule has 0 spiro atoms. The minimum Gasteiger partial charge on any atom is -0.483 e. The second-order valence-electron chi connectivity index (χ2n) is 7.53. The maximum Gasteiger partial charge on any atom is 0.262 e. The van der Waals surface area contributed by atoms with Gasteiger partial charge in [-0.25, -0.2) is 4.98 Å². The standard InChI is InChI=1S/C25H24N2O3/c1-15-12-17(3)24-21(13-15)27-25(30-24)19-9-7-10-20(18(19)4)26-23(28)14-29-22-11-6-5-8-16(22)2/h5-13H,14H2,1-4H3,(H,26,28). The van der Waals surface area contributed by atoms with Gasteiger partial charge in [0.25, 0.3) is 5.91 Å². The van der Waals surface area contributed by atoms with E-state index in [1.165, 1.54) is 0 Å². The highest BCUT2D eigenvalue weighted by Gasteiger charge is 2.15. The molecule has 0 aliphatic carbocycles. The van der Waals surface area contributed by atoms with E-state index in [1.54, 1.807) is 0 Å². The van der Waals surface area contributed by atoms with Crippen molar-refractivity contribution in [3.63, 3.8) is 0 Å². The summed E-state index contributed by atoms with van der Waals surface area (Å²) in [5.74, 6) is 1.03. The molecule has 1 aromatic heterocycles. The number of hydrogen-bond acceptors (Lipinski definition) is 4. The van der Waals surface area contributed by atoms with Gasteiger partial charge in [0.05, 0.1) is 0 Å². The number of ether oxygens (including phenoxy) is 1. The lowest BCUT2D eigenvalue weighted by molar-refractivity contribution is -0.118. The van der Waals surface area contributed by atoms with Crippen LogP contribution in [-0.2, 0) is 4.79 Å². The van der Waals surface area contributed by atoms with Crippen molar-refractivity contribution in [1.29, 1.82) is 0 Å². The molecular formula is C25H24N2O3. The molecule has 0 aliphatic heterocycles. The molecule has 3 aromatic carbocycles. The van der Waals surface area contributed by atoms with Crippen LogP contribution >= 0.6 is 0 Å². The third kappa shape index (κ3) is 3.92. The van der Waals surface area contributed by atoms with Gasteiger partial charge in [-0.05, 0) is 74.2 Å². The third-order valence-corrected chi connectivity index (χ3v) is 5.11. The maximum absolute atomic E-state index is 12.4. The minimum absolute atomic E-state index is 0.0596. The Morgan fingerprint density at radius 3 is 2.60 bits per heavy atom. The Morgan fingerprint density at radius 1 is 1.00 bits per heavy atom. The van der Waals surface area contributed by atoms with Crippen molar-refractivity contribution in [2.24, 2.45) is 0 Å². The fourth-order valence-corrected chi connectivity index (χ4v) is 3.54. The largest absolute Gasteiger partial charge is 0.483 e. The monoisotopic (exact) mass is 400 g/mol. The molecule has 152 valence electrons. The second kappa shape index (κ2) is 8.03. The molecule has 0 fully saturated rings. The molecule has 5 heteroatoms. The van der Waals surface area contributed by atoms with Crippen LogP contribution in [0.25, 0.3) is 22.6 Å². The first-order chi connectivity index (χ1) is 14.4. The number of aromatic nitrogens is 1. The summed E-state index contributed by atoms with van der Waals surface area (Å²) in [5.41, 5.74) is 7.26. The Bertz CT molecular complexity index is 1240. The SMILES string of the molecule is Cc1cc(C)c2oc(-c3cccc(NC(=O)COc4ccccc4C)c3C)nc2c1. The zero-order valence-electron chi connectivity index (χ0n) is 17.6. The van der Waals surface area contributed by atoms with Gasteiger partial charge in [-0.2, -0.15) is 0 Å². The molecule has 5 nitrogen and oxygen atoms in total. The van der Waals surface area contributed by atoms with Crippen LogP contribution in [0, 0.1) is 27.7 Å². The molecule has 0 radical (unpaired) electrons. The lowest BCUT2D eigenvalue weighted by Gasteiger charge is -2.12. The molecule has 0 atom stereocenters. The summed E-state index contributed by atoms with van der Waals surface area (Å²) in [5, 5.41) is 2.93. The van der Waals surface area contributed by atoms with Crippen molar-refractivity contribution in [3.8, 4) is 17.2 Å². The molecule has 0 aliphatic rings. The summed E-state index contributed by atoms with van der Waals surface area (Å²) in [6.45, 7) is 7.89. The van der Waals surface area contributed by atoms with E-state index in [0.717, 1.165) is 38.9 Å². The number of carbonyl (C=O) groups excluding carboxylic acids is 1. The van der Waals surface area contributed by atoms with Gasteiger partial charge in [0, 0.05) is 11.3 Å². The number of rotatable bonds is 5. The number of oxazole rings is 1. The summed E-state index contributed by atoms with van der Waals surface area (Å²) in [6, 6.07) is 17.4. The first-order valence-corrected chi connectivity index (χ1v) is 9.88. The van der Waals surface area contributed by atoms with E-state index in [-0.39, 0.29) is 12.5 Å². The Kier molecular flexibility index (Phi) is 5.27. The lowest BCUT2D eigenvalue weighted by Crippen LogP contribution is -2.21. The van der Waals surface area contributed by atoms with E-state index in [0.29, 0.717) is 17.3 Å². The van der Waals surface area contributed by atoms with Crippen LogP contribution in [0.5, 0.6) is 5.75 Å². The normalized spacial score (nSPS) is 10.9. The maximum atomic E-state index is 12.4. The van der Waals surface area contributed by atoms with Crippen molar-refractivity contribution in [2.45, 2.75) is 27.7 Å². The molecule has 0 saturated heterocycles. The number of aryl methyl sites for hydroxylation is 3. The van der Waals surface area contributed by atoms with Crippen molar-refractivity contribution >= 4 is 22.7 Å². The highest BCUT2D eigenvalue weighted by Crippen LogP contribution is 2.32. The van der Waals surface area contributed by atoms with Crippen molar-refractivity contribution in [2.75, 3.05) is 11.9 Å². The summed E-state index contributed by atoms with van der Waals surface area (Å²) in [4.78, 5) is 17.1. The molecule has 1 N–H and O–H groups in total. The summed E-state index contributed by atoms with van der Waals surface area (Å²) < 4.78 is 11.7. The van der Waals surface area contributed by atoms with E-state index < -0.39 is 0 Å². The highest BCUT2D eigenvalue weighted by molar-refractivity contribution is 5.94. The number of nitrogens with zero attached hydrogens (tertiary/aromatic N) is 1. The first kappa shape index (κ1) is 19.7. The van der Waals surface area contributed by atoms with Gasteiger partial charge < -0.3 is 14.5 Å². The van der Waals surface area contributed by atoms with Crippen LogP contribution in [0.4, 0.5) is 5.69 Å². The van der Waals surface area contributed by atoms with Gasteiger partial charge >= 0.3 is 0 Å². The minimum atomic E-state index is -0.220. The van der Waals surface area contributed by atoms with Crippen LogP contribution in [0.1, 0.15) is 22.3 Å². The number of benzene rings is 3. The van der Waals surface area contributed by atoms with E-state index in [4.69, 9.17) is 9.15 Å². The van der Waals surface area contributed by atoms with Crippen molar-refractivity contribution in [3.05, 3.63) is 76.9 Å². The van der Waals surface area contributed by atoms with Crippen LogP contribution < -0.4 is 10.1 Å². The zero-order chi connectivity index (χ0) is 21.3. The highest BCUT2D eigenvalue weighted by atomic mass is 16.5. The summed E-state index contributed by atoms with van der Waals surface area (Å²) in [6.07, 6.45) is 0. The summed E-state index contributed by atoms with van der Waals surface area (Å²) in [7, 11) is 0. The van der Waals surface area contributed by atoms with Crippen LogP contribution in [0.3, 0.4) is 0 Å². The number of anilines is 1. The molecule has 0 saturated carbocycles. The van der Waals surface area contributed by atoms with Gasteiger partial charge in [0.2, 0.25) is 5.89 Å². The van der Waals surface area contributed by atoms with Crippen molar-refractivity contribution < 1.29 is 13.9 Å². The molecule has 1 amide bonds. The number of fused-ring (bicyclic) bond motifs is 1. The smallest absolute Gasteiger partial charge is 0.262 e. The van der Waals surface area contributed by atoms with E-state index in [2.05, 4.69) is 16.4 Å². The number of para-hydroxylation sites is 1. The predicted molar refractivity (Wildman–Crippen MR) is 119 cm³/mol. The number of nitrogens with one attached hydrogen (secondary N) is 1. The molecule has 4 aromatic rings. The molecule has 30 heavy (non-hydrogen) atoms. The summed E-state index contributed by atoms with van der Waals surface area (Å²) >= 11 is 0. The van der Waals surface area contributed by atoms with Gasteiger partial charge in [-0.1, -0.05) is 30.3 Å². The molecule has 0 bridgehead atoms.